The van der Waals surface area contributed by atoms with Crippen LogP contribution in [0.2, 0.25) is 0 Å². The molecule has 0 saturated carbocycles. The van der Waals surface area contributed by atoms with Gasteiger partial charge < -0.3 is 9.59 Å². The van der Waals surface area contributed by atoms with Crippen LogP contribution in [0.15, 0.2) is 0 Å². The summed E-state index contributed by atoms with van der Waals surface area (Å²) >= 11 is 0. The van der Waals surface area contributed by atoms with Crippen LogP contribution in [0.5, 0.6) is 0 Å². The maximum atomic E-state index is 10.3. The van der Waals surface area contributed by atoms with Gasteiger partial charge in [0.1, 0.15) is 11.6 Å². The highest BCUT2D eigenvalue weighted by atomic mass is 16.1. The summed E-state index contributed by atoms with van der Waals surface area (Å²) in [5, 5.41) is 0. The molecule has 0 saturated heterocycles. The van der Waals surface area contributed by atoms with Gasteiger partial charge in [0.05, 0.1) is 0 Å². The predicted molar refractivity (Wildman–Crippen MR) is 60.3 cm³/mol. The maximum absolute atomic E-state index is 10.3. The molecule has 84 valence electrons. The summed E-state index contributed by atoms with van der Waals surface area (Å²) in [5.41, 5.74) is 0. The molecule has 2 nitrogen and oxygen atoms in total. The summed E-state index contributed by atoms with van der Waals surface area (Å²) in [4.78, 5) is 20.5. The van der Waals surface area contributed by atoms with Gasteiger partial charge in [0.15, 0.2) is 0 Å². The highest BCUT2D eigenvalue weighted by Gasteiger charge is 1.95. The van der Waals surface area contributed by atoms with Gasteiger partial charge in [0.2, 0.25) is 0 Å². The summed E-state index contributed by atoms with van der Waals surface area (Å²) in [7, 11) is 0. The molecule has 0 radical (unpaired) electrons. The summed E-state index contributed by atoms with van der Waals surface area (Å²) in [6.07, 6.45) is 1.44. The SMILES string of the molecule is CC(=O)CC(C)C.CC(=O)CC(C)C. The monoisotopic (exact) mass is 200 g/mol. The number of ketones is 2. The molecule has 0 N–H and O–H groups in total. The summed E-state index contributed by atoms with van der Waals surface area (Å²) in [6.45, 7) is 11.4. The molecule has 0 amide bonds. The Morgan fingerprint density at radius 1 is 0.786 bits per heavy atom. The number of hydrogen-bond donors (Lipinski definition) is 0. The first kappa shape index (κ1) is 15.8. The first-order valence-electron chi connectivity index (χ1n) is 5.24. The van der Waals surface area contributed by atoms with Crippen LogP contribution in [0.3, 0.4) is 0 Å². The van der Waals surface area contributed by atoms with E-state index in [0.29, 0.717) is 11.8 Å². The van der Waals surface area contributed by atoms with Crippen molar-refractivity contribution in [3.8, 4) is 0 Å². The Morgan fingerprint density at radius 2 is 1.00 bits per heavy atom. The van der Waals surface area contributed by atoms with Crippen molar-refractivity contribution in [1.29, 1.82) is 0 Å². The minimum absolute atomic E-state index is 0.287. The summed E-state index contributed by atoms with van der Waals surface area (Å²) < 4.78 is 0. The van der Waals surface area contributed by atoms with Crippen LogP contribution < -0.4 is 0 Å². The molecule has 2 heteroatoms. The highest BCUT2D eigenvalue weighted by Crippen LogP contribution is 1.98. The van der Waals surface area contributed by atoms with Crippen LogP contribution in [-0.2, 0) is 9.59 Å². The first-order valence-corrected chi connectivity index (χ1v) is 5.24. The third-order valence-electron chi connectivity index (χ3n) is 1.39. The van der Waals surface area contributed by atoms with Crippen molar-refractivity contribution in [1.82, 2.24) is 0 Å². The van der Waals surface area contributed by atoms with Crippen LogP contribution in [0.25, 0.3) is 0 Å². The smallest absolute Gasteiger partial charge is 0.130 e. The van der Waals surface area contributed by atoms with E-state index in [2.05, 4.69) is 0 Å². The Morgan fingerprint density at radius 3 is 1.00 bits per heavy atom. The number of hydrogen-bond acceptors (Lipinski definition) is 2. The molecule has 0 aromatic carbocycles. The molecule has 0 unspecified atom stereocenters. The van der Waals surface area contributed by atoms with Gasteiger partial charge in [-0.1, -0.05) is 27.7 Å². The Hall–Kier alpha value is -0.660. The van der Waals surface area contributed by atoms with Crippen LogP contribution in [0.1, 0.15) is 54.4 Å². The van der Waals surface area contributed by atoms with Gasteiger partial charge in [-0.25, -0.2) is 0 Å². The molecule has 0 spiro atoms. The van der Waals surface area contributed by atoms with E-state index in [4.69, 9.17) is 0 Å². The van der Waals surface area contributed by atoms with Crippen molar-refractivity contribution in [3.63, 3.8) is 0 Å². The second-order valence-corrected chi connectivity index (χ2v) is 4.60. The highest BCUT2D eigenvalue weighted by molar-refractivity contribution is 5.75. The van der Waals surface area contributed by atoms with Crippen molar-refractivity contribution in [2.24, 2.45) is 11.8 Å². The number of Topliss-reactive ketones (excluding diaryl/α,β-unsaturated/α-hetero) is 2. The number of rotatable bonds is 4. The van der Waals surface area contributed by atoms with Gasteiger partial charge in [0.25, 0.3) is 0 Å². The van der Waals surface area contributed by atoms with E-state index < -0.39 is 0 Å². The van der Waals surface area contributed by atoms with E-state index in [9.17, 15) is 9.59 Å². The molecule has 0 bridgehead atoms. The lowest BCUT2D eigenvalue weighted by atomic mass is 10.1. The van der Waals surface area contributed by atoms with Gasteiger partial charge >= 0.3 is 0 Å². The van der Waals surface area contributed by atoms with Gasteiger partial charge in [-0.15, -0.1) is 0 Å². The fourth-order valence-electron chi connectivity index (χ4n) is 1.15. The fourth-order valence-corrected chi connectivity index (χ4v) is 1.15. The second-order valence-electron chi connectivity index (χ2n) is 4.60. The summed E-state index contributed by atoms with van der Waals surface area (Å²) in [6, 6.07) is 0. The molecular formula is C12H24O2. The molecule has 0 aliphatic carbocycles. The van der Waals surface area contributed by atoms with Crippen LogP contribution >= 0.6 is 0 Å². The van der Waals surface area contributed by atoms with Crippen LogP contribution in [-0.4, -0.2) is 11.6 Å². The average molecular weight is 200 g/mol. The van der Waals surface area contributed by atoms with Crippen molar-refractivity contribution in [2.45, 2.75) is 54.4 Å². The zero-order valence-electron chi connectivity index (χ0n) is 10.4. The van der Waals surface area contributed by atoms with Gasteiger partial charge in [-0.05, 0) is 25.7 Å². The normalized spacial score (nSPS) is 9.71. The Bertz CT molecular complexity index is 149. The Labute approximate surface area is 88.1 Å². The van der Waals surface area contributed by atoms with Crippen molar-refractivity contribution in [3.05, 3.63) is 0 Å². The lowest BCUT2D eigenvalue weighted by molar-refractivity contribution is -0.118. The van der Waals surface area contributed by atoms with E-state index >= 15 is 0 Å². The maximum Gasteiger partial charge on any atom is 0.130 e. The van der Waals surface area contributed by atoms with E-state index in [1.807, 2.05) is 27.7 Å². The van der Waals surface area contributed by atoms with Crippen molar-refractivity contribution in [2.75, 3.05) is 0 Å². The molecule has 0 atom stereocenters. The molecule has 0 aromatic heterocycles. The van der Waals surface area contributed by atoms with Crippen molar-refractivity contribution >= 4 is 11.6 Å². The molecule has 14 heavy (non-hydrogen) atoms. The predicted octanol–water partition coefficient (Wildman–Crippen LogP) is 3.24. The topological polar surface area (TPSA) is 34.1 Å². The molecule has 0 aliphatic rings. The molecule has 0 rings (SSSR count). The van der Waals surface area contributed by atoms with E-state index in [-0.39, 0.29) is 11.6 Å². The van der Waals surface area contributed by atoms with Crippen molar-refractivity contribution < 1.29 is 9.59 Å². The third kappa shape index (κ3) is 22.5. The quantitative estimate of drug-likeness (QED) is 0.698. The Balaban J connectivity index is 0. The van der Waals surface area contributed by atoms with Gasteiger partial charge in [-0.3, -0.25) is 0 Å². The Kier molecular flexibility index (Phi) is 10.1. The van der Waals surface area contributed by atoms with E-state index in [0.717, 1.165) is 12.8 Å². The molecular weight excluding hydrogens is 176 g/mol. The second kappa shape index (κ2) is 8.92. The molecule has 0 aromatic rings. The number of carbonyl (C=O) groups is 2. The van der Waals surface area contributed by atoms with E-state index in [1.54, 1.807) is 13.8 Å². The average Bonchev–Trinajstić information content (AvgIpc) is 1.79. The first-order chi connectivity index (χ1) is 6.25. The van der Waals surface area contributed by atoms with Gasteiger partial charge in [0, 0.05) is 12.8 Å². The lowest BCUT2D eigenvalue weighted by Crippen LogP contribution is -1.95. The third-order valence-corrected chi connectivity index (χ3v) is 1.39. The molecule has 0 heterocycles. The number of carbonyl (C=O) groups excluding carboxylic acids is 2. The van der Waals surface area contributed by atoms with E-state index in [1.165, 1.54) is 0 Å². The van der Waals surface area contributed by atoms with Gasteiger partial charge in [-0.2, -0.15) is 0 Å². The minimum atomic E-state index is 0.287. The van der Waals surface area contributed by atoms with Crippen LogP contribution in [0, 0.1) is 11.8 Å². The summed E-state index contributed by atoms with van der Waals surface area (Å²) in [5.74, 6) is 1.63. The zero-order chi connectivity index (χ0) is 11.7. The lowest BCUT2D eigenvalue weighted by Gasteiger charge is -1.95. The fraction of sp³-hybridized carbons (Fsp3) is 0.833. The largest absolute Gasteiger partial charge is 0.300 e. The zero-order valence-corrected chi connectivity index (χ0v) is 10.4. The molecule has 0 fully saturated rings. The minimum Gasteiger partial charge on any atom is -0.300 e. The van der Waals surface area contributed by atoms with Crippen LogP contribution in [0.4, 0.5) is 0 Å². The molecule has 0 aliphatic heterocycles. The standard InChI is InChI=1S/2C6H12O/c2*1-5(2)4-6(3)7/h2*5H,4H2,1-3H3.